The summed E-state index contributed by atoms with van der Waals surface area (Å²) in [6.45, 7) is 16.9. The summed E-state index contributed by atoms with van der Waals surface area (Å²) in [5.74, 6) is 6.97. The van der Waals surface area contributed by atoms with Gasteiger partial charge in [-0.05, 0) is 117 Å². The molecule has 0 aromatic carbocycles. The van der Waals surface area contributed by atoms with Crippen molar-refractivity contribution in [3.63, 3.8) is 0 Å². The minimum atomic E-state index is 0.300. The molecule has 3 fully saturated rings. The van der Waals surface area contributed by atoms with Gasteiger partial charge in [-0.2, -0.15) is 0 Å². The zero-order valence-electron chi connectivity index (χ0n) is 22.4. The molecule has 4 aliphatic carbocycles. The van der Waals surface area contributed by atoms with Crippen molar-refractivity contribution < 1.29 is 4.79 Å². The van der Waals surface area contributed by atoms with Gasteiger partial charge in [-0.3, -0.25) is 4.79 Å². The van der Waals surface area contributed by atoms with Crippen molar-refractivity contribution in [3.05, 3.63) is 11.6 Å². The number of allylic oxidation sites excluding steroid dienone is 2. The number of Topliss-reactive ketones (excluding diaryl/α,β-unsaturated/α-hetero) is 1. The minimum Gasteiger partial charge on any atom is -0.300 e. The number of rotatable bonds is 7. The van der Waals surface area contributed by atoms with Crippen LogP contribution in [-0.4, -0.2) is 5.78 Å². The molecule has 9 atom stereocenters. The normalized spacial score (nSPS) is 43.1. The molecule has 9 unspecified atom stereocenters. The summed E-state index contributed by atoms with van der Waals surface area (Å²) in [4.78, 5) is 12.1. The Bertz CT molecular complexity index is 718. The van der Waals surface area contributed by atoms with Crippen molar-refractivity contribution in [1.82, 2.24) is 0 Å². The van der Waals surface area contributed by atoms with Gasteiger partial charge in [-0.15, -0.1) is 0 Å². The van der Waals surface area contributed by atoms with E-state index in [-0.39, 0.29) is 0 Å². The average Bonchev–Trinajstić information content (AvgIpc) is 3.10. The molecule has 32 heavy (non-hydrogen) atoms. The number of carbonyl (C=O) groups is 1. The molecule has 0 aromatic heterocycles. The zero-order chi connectivity index (χ0) is 23.3. The van der Waals surface area contributed by atoms with E-state index in [0.717, 1.165) is 54.3 Å². The van der Waals surface area contributed by atoms with E-state index in [1.165, 1.54) is 57.8 Å². The van der Waals surface area contributed by atoms with E-state index >= 15 is 0 Å². The van der Waals surface area contributed by atoms with Gasteiger partial charge in [-0.25, -0.2) is 0 Å². The molecular weight excluding hydrogens is 388 g/mol. The third kappa shape index (κ3) is 4.07. The van der Waals surface area contributed by atoms with Gasteiger partial charge >= 0.3 is 0 Å². The van der Waals surface area contributed by atoms with Gasteiger partial charge < -0.3 is 0 Å². The molecule has 0 bridgehead atoms. The minimum absolute atomic E-state index is 0.300. The maximum atomic E-state index is 12.1. The molecule has 1 heteroatoms. The molecule has 4 aliphatic rings. The SMILES string of the molecule is CCC(CCC(C)C1CCC2C3CC=C4CC(C(C)=O)CCC4(C)C3CCC12C)C(C)C. The van der Waals surface area contributed by atoms with E-state index in [9.17, 15) is 4.79 Å². The fourth-order valence-corrected chi connectivity index (χ4v) is 9.67. The van der Waals surface area contributed by atoms with Crippen LogP contribution in [0.5, 0.6) is 0 Å². The fourth-order valence-electron chi connectivity index (χ4n) is 9.67. The van der Waals surface area contributed by atoms with Crippen LogP contribution in [0, 0.1) is 58.2 Å². The Morgan fingerprint density at radius 3 is 2.44 bits per heavy atom. The molecule has 0 amide bonds. The molecule has 0 spiro atoms. The Morgan fingerprint density at radius 2 is 1.78 bits per heavy atom. The predicted octanol–water partition coefficient (Wildman–Crippen LogP) is 8.87. The lowest BCUT2D eigenvalue weighted by Crippen LogP contribution is -2.50. The Morgan fingerprint density at radius 1 is 1.03 bits per heavy atom. The van der Waals surface area contributed by atoms with Gasteiger partial charge in [0.05, 0.1) is 0 Å². The van der Waals surface area contributed by atoms with E-state index in [1.807, 2.05) is 6.92 Å². The first-order valence-corrected chi connectivity index (χ1v) is 14.3. The van der Waals surface area contributed by atoms with Gasteiger partial charge in [0.15, 0.2) is 0 Å². The lowest BCUT2D eigenvalue weighted by molar-refractivity contribution is -0.122. The highest BCUT2D eigenvalue weighted by Gasteiger charge is 2.59. The molecule has 0 radical (unpaired) electrons. The highest BCUT2D eigenvalue weighted by atomic mass is 16.1. The van der Waals surface area contributed by atoms with Crippen LogP contribution >= 0.6 is 0 Å². The summed E-state index contributed by atoms with van der Waals surface area (Å²) in [5, 5.41) is 0. The van der Waals surface area contributed by atoms with Crippen LogP contribution < -0.4 is 0 Å². The Balaban J connectivity index is 1.47. The summed E-state index contributed by atoms with van der Waals surface area (Å²) in [6.07, 6.45) is 17.4. The first-order chi connectivity index (χ1) is 15.1. The third-order valence-corrected chi connectivity index (χ3v) is 11.9. The van der Waals surface area contributed by atoms with Gasteiger partial charge in [-0.1, -0.05) is 66.0 Å². The van der Waals surface area contributed by atoms with Crippen molar-refractivity contribution >= 4 is 5.78 Å². The van der Waals surface area contributed by atoms with Crippen molar-refractivity contribution in [3.8, 4) is 0 Å². The van der Waals surface area contributed by atoms with E-state index < -0.39 is 0 Å². The van der Waals surface area contributed by atoms with Crippen LogP contribution in [0.1, 0.15) is 119 Å². The van der Waals surface area contributed by atoms with Crippen molar-refractivity contribution in [2.45, 2.75) is 119 Å². The van der Waals surface area contributed by atoms with Crippen molar-refractivity contribution in [2.24, 2.45) is 58.2 Å². The first kappa shape index (κ1) is 24.5. The Hall–Kier alpha value is -0.590. The van der Waals surface area contributed by atoms with Crippen LogP contribution in [0.15, 0.2) is 11.6 Å². The van der Waals surface area contributed by atoms with E-state index in [4.69, 9.17) is 0 Å². The van der Waals surface area contributed by atoms with E-state index in [1.54, 1.807) is 5.57 Å². The summed E-state index contributed by atoms with van der Waals surface area (Å²) in [5.41, 5.74) is 2.61. The van der Waals surface area contributed by atoms with Crippen molar-refractivity contribution in [1.29, 1.82) is 0 Å². The number of fused-ring (bicyclic) bond motifs is 5. The lowest BCUT2D eigenvalue weighted by Gasteiger charge is -2.58. The number of ketones is 1. The predicted molar refractivity (Wildman–Crippen MR) is 136 cm³/mol. The molecule has 0 saturated heterocycles. The summed E-state index contributed by atoms with van der Waals surface area (Å²) >= 11 is 0. The monoisotopic (exact) mass is 440 g/mol. The molecule has 1 nitrogen and oxygen atoms in total. The van der Waals surface area contributed by atoms with Gasteiger partial charge in [0.1, 0.15) is 5.78 Å². The molecule has 0 aliphatic heterocycles. The third-order valence-electron chi connectivity index (χ3n) is 11.9. The second-order valence-electron chi connectivity index (χ2n) is 13.5. The largest absolute Gasteiger partial charge is 0.300 e. The highest BCUT2D eigenvalue weighted by Crippen LogP contribution is 2.67. The van der Waals surface area contributed by atoms with Crippen LogP contribution in [0.25, 0.3) is 0 Å². The molecule has 3 saturated carbocycles. The topological polar surface area (TPSA) is 17.1 Å². The number of carbonyl (C=O) groups excluding carboxylic acids is 1. The maximum absolute atomic E-state index is 12.1. The number of hydrogen-bond acceptors (Lipinski definition) is 1. The molecular formula is C31H52O. The van der Waals surface area contributed by atoms with E-state index in [2.05, 4.69) is 47.6 Å². The number of hydrogen-bond donors (Lipinski definition) is 0. The van der Waals surface area contributed by atoms with Gasteiger partial charge in [0, 0.05) is 5.92 Å². The second-order valence-corrected chi connectivity index (χ2v) is 13.5. The molecule has 182 valence electrons. The summed E-state index contributed by atoms with van der Waals surface area (Å²) in [6, 6.07) is 0. The molecule has 4 rings (SSSR count). The molecule has 0 heterocycles. The first-order valence-electron chi connectivity index (χ1n) is 14.3. The van der Waals surface area contributed by atoms with Crippen molar-refractivity contribution in [2.75, 3.05) is 0 Å². The highest BCUT2D eigenvalue weighted by molar-refractivity contribution is 5.78. The maximum Gasteiger partial charge on any atom is 0.133 e. The molecule has 0 N–H and O–H groups in total. The fraction of sp³-hybridized carbons (Fsp3) is 0.903. The van der Waals surface area contributed by atoms with Crippen LogP contribution in [0.2, 0.25) is 0 Å². The zero-order valence-corrected chi connectivity index (χ0v) is 22.4. The average molecular weight is 441 g/mol. The Labute approximate surface area is 199 Å². The van der Waals surface area contributed by atoms with Gasteiger partial charge in [0.2, 0.25) is 0 Å². The summed E-state index contributed by atoms with van der Waals surface area (Å²) in [7, 11) is 0. The lowest BCUT2D eigenvalue weighted by atomic mass is 9.46. The summed E-state index contributed by atoms with van der Waals surface area (Å²) < 4.78 is 0. The smallest absolute Gasteiger partial charge is 0.133 e. The van der Waals surface area contributed by atoms with Crippen LogP contribution in [0.4, 0.5) is 0 Å². The Kier molecular flexibility index (Phi) is 7.07. The van der Waals surface area contributed by atoms with E-state index in [0.29, 0.717) is 22.5 Å². The van der Waals surface area contributed by atoms with Crippen LogP contribution in [-0.2, 0) is 4.79 Å². The molecule has 0 aromatic rings. The standard InChI is InChI=1S/C31H52O/c1-8-23(20(2)3)10-9-21(4)27-13-14-28-26-12-11-25-19-24(22(5)32)15-17-30(25,6)29(26)16-18-31(27,28)7/h11,20-21,23-24,26-29H,8-10,12-19H2,1-7H3. The quantitative estimate of drug-likeness (QED) is 0.361. The second kappa shape index (κ2) is 9.22. The van der Waals surface area contributed by atoms with Gasteiger partial charge in [0.25, 0.3) is 0 Å². The van der Waals surface area contributed by atoms with Crippen LogP contribution in [0.3, 0.4) is 0 Å².